The lowest BCUT2D eigenvalue weighted by Crippen LogP contribution is -2.54. The fourth-order valence-corrected chi connectivity index (χ4v) is 9.35. The van der Waals surface area contributed by atoms with E-state index in [0.717, 1.165) is 54.3 Å². The van der Waals surface area contributed by atoms with E-state index in [1.807, 2.05) is 0 Å². The number of fused-ring (bicyclic) bond motifs is 5. The summed E-state index contributed by atoms with van der Waals surface area (Å²) in [6.45, 7) is 12.6. The second-order valence-corrected chi connectivity index (χ2v) is 12.6. The molecule has 0 aromatic carbocycles. The largest absolute Gasteiger partial charge is 0.393 e. The third-order valence-electron chi connectivity index (χ3n) is 10.8. The second-order valence-electron chi connectivity index (χ2n) is 12.6. The molecule has 4 fully saturated rings. The molecular weight excluding hydrogens is 340 g/mol. The Bertz CT molecular complexity index is 540. The van der Waals surface area contributed by atoms with Gasteiger partial charge in [0.15, 0.2) is 0 Å². The normalized spacial score (nSPS) is 49.4. The highest BCUT2D eigenvalue weighted by atomic mass is 16.3. The van der Waals surface area contributed by atoms with Crippen LogP contribution < -0.4 is 0 Å². The Balaban J connectivity index is 1.47. The molecule has 28 heavy (non-hydrogen) atoms. The molecule has 0 radical (unpaired) electrons. The van der Waals surface area contributed by atoms with Crippen molar-refractivity contribution < 1.29 is 5.11 Å². The summed E-state index contributed by atoms with van der Waals surface area (Å²) in [6.07, 6.45) is 16.6. The number of hydrogen-bond donors (Lipinski definition) is 1. The predicted octanol–water partition coefficient (Wildman–Crippen LogP) is 7.47. The van der Waals surface area contributed by atoms with Crippen LogP contribution in [0.5, 0.6) is 0 Å². The van der Waals surface area contributed by atoms with Crippen molar-refractivity contribution in [2.45, 2.75) is 118 Å². The van der Waals surface area contributed by atoms with E-state index in [1.165, 1.54) is 64.2 Å². The molecule has 0 bridgehead atoms. The molecule has 0 amide bonds. The van der Waals surface area contributed by atoms with Gasteiger partial charge in [0.1, 0.15) is 0 Å². The number of hydrogen-bond acceptors (Lipinski definition) is 1. The Labute approximate surface area is 175 Å². The first-order chi connectivity index (χ1) is 13.3. The minimum absolute atomic E-state index is 0.0226. The van der Waals surface area contributed by atoms with Crippen molar-refractivity contribution in [2.75, 3.05) is 0 Å². The first-order valence-electron chi connectivity index (χ1n) is 12.9. The first kappa shape index (κ1) is 21.2. The zero-order valence-electron chi connectivity index (χ0n) is 19.6. The van der Waals surface area contributed by atoms with E-state index in [-0.39, 0.29) is 6.10 Å². The molecule has 1 heteroatoms. The lowest BCUT2D eigenvalue weighted by atomic mass is 9.44. The van der Waals surface area contributed by atoms with Crippen molar-refractivity contribution in [2.24, 2.45) is 52.3 Å². The summed E-state index contributed by atoms with van der Waals surface area (Å²) in [7, 11) is 0. The van der Waals surface area contributed by atoms with Gasteiger partial charge >= 0.3 is 0 Å². The summed E-state index contributed by atoms with van der Waals surface area (Å²) in [5, 5.41) is 10.5. The number of aliphatic hydroxyl groups is 1. The van der Waals surface area contributed by atoms with Gasteiger partial charge in [0.2, 0.25) is 0 Å². The van der Waals surface area contributed by atoms with E-state index < -0.39 is 0 Å². The van der Waals surface area contributed by atoms with Gasteiger partial charge in [-0.05, 0) is 110 Å². The van der Waals surface area contributed by atoms with Gasteiger partial charge in [0.25, 0.3) is 0 Å². The van der Waals surface area contributed by atoms with Crippen LogP contribution in [0.2, 0.25) is 0 Å². The highest BCUT2D eigenvalue weighted by Gasteiger charge is 2.60. The van der Waals surface area contributed by atoms with Crippen molar-refractivity contribution in [1.29, 1.82) is 0 Å². The summed E-state index contributed by atoms with van der Waals surface area (Å²) in [4.78, 5) is 0. The average Bonchev–Trinajstić information content (AvgIpc) is 2.98. The maximum Gasteiger partial charge on any atom is 0.0545 e. The van der Waals surface area contributed by atoms with Crippen molar-refractivity contribution in [3.05, 3.63) is 0 Å². The molecule has 1 nitrogen and oxygen atoms in total. The number of aliphatic hydroxyl groups excluding tert-OH is 1. The minimum atomic E-state index is -0.0226. The lowest BCUT2D eigenvalue weighted by molar-refractivity contribution is -0.132. The number of rotatable bonds is 5. The maximum absolute atomic E-state index is 10.5. The molecule has 4 rings (SSSR count). The van der Waals surface area contributed by atoms with Gasteiger partial charge in [0.05, 0.1) is 6.10 Å². The zero-order chi connectivity index (χ0) is 20.1. The Morgan fingerprint density at radius 2 is 1.54 bits per heavy atom. The van der Waals surface area contributed by atoms with E-state index in [9.17, 15) is 5.11 Å². The molecule has 0 heterocycles. The molecule has 4 aliphatic rings. The molecule has 0 unspecified atom stereocenters. The maximum atomic E-state index is 10.5. The summed E-state index contributed by atoms with van der Waals surface area (Å²) in [5.74, 6) is 6.46. The molecule has 0 aliphatic heterocycles. The third kappa shape index (κ3) is 3.50. The van der Waals surface area contributed by atoms with Crippen LogP contribution in [0.15, 0.2) is 0 Å². The molecule has 0 aromatic rings. The molecule has 9 atom stereocenters. The van der Waals surface area contributed by atoms with Crippen LogP contribution in [-0.2, 0) is 0 Å². The average molecular weight is 389 g/mol. The van der Waals surface area contributed by atoms with Crippen LogP contribution >= 0.6 is 0 Å². The van der Waals surface area contributed by atoms with Crippen LogP contribution in [0.1, 0.15) is 112 Å². The van der Waals surface area contributed by atoms with E-state index in [1.54, 1.807) is 0 Å². The summed E-state index contributed by atoms with van der Waals surface area (Å²) < 4.78 is 0. The van der Waals surface area contributed by atoms with Gasteiger partial charge in [-0.2, -0.15) is 0 Å². The highest BCUT2D eigenvalue weighted by Crippen LogP contribution is 2.68. The molecule has 4 aliphatic carbocycles. The zero-order valence-corrected chi connectivity index (χ0v) is 19.6. The van der Waals surface area contributed by atoms with Crippen LogP contribution in [0.4, 0.5) is 0 Å². The predicted molar refractivity (Wildman–Crippen MR) is 119 cm³/mol. The Morgan fingerprint density at radius 1 is 0.821 bits per heavy atom. The molecule has 162 valence electrons. The smallest absolute Gasteiger partial charge is 0.0545 e. The molecule has 0 saturated heterocycles. The molecular formula is C27H48O. The van der Waals surface area contributed by atoms with Gasteiger partial charge in [-0.25, -0.2) is 0 Å². The van der Waals surface area contributed by atoms with Crippen LogP contribution in [0.3, 0.4) is 0 Å². The standard InChI is InChI=1S/C27H48O/c1-18(2)7-6-8-19(3)23-13-14-24-22-12-10-20-9-11-21(28)17-27(20,5)25(22)15-16-26(23,24)4/h18-25,28H,6-17H2,1-5H3/t19-,20+,21-,22+,23-,24+,25+,26-,27+/m1/s1. The lowest BCUT2D eigenvalue weighted by Gasteiger charge is -2.61. The van der Waals surface area contributed by atoms with E-state index in [0.29, 0.717) is 10.8 Å². The van der Waals surface area contributed by atoms with Gasteiger partial charge in [-0.1, -0.05) is 53.9 Å². The fraction of sp³-hybridized carbons (Fsp3) is 1.00. The van der Waals surface area contributed by atoms with Gasteiger partial charge < -0.3 is 5.11 Å². The highest BCUT2D eigenvalue weighted by molar-refractivity contribution is 5.09. The first-order valence-corrected chi connectivity index (χ1v) is 12.9. The van der Waals surface area contributed by atoms with Crippen LogP contribution in [0.25, 0.3) is 0 Å². The molecule has 0 spiro atoms. The van der Waals surface area contributed by atoms with Crippen molar-refractivity contribution >= 4 is 0 Å². The summed E-state index contributed by atoms with van der Waals surface area (Å²) >= 11 is 0. The topological polar surface area (TPSA) is 20.2 Å². The van der Waals surface area contributed by atoms with Crippen molar-refractivity contribution in [3.8, 4) is 0 Å². The van der Waals surface area contributed by atoms with Crippen molar-refractivity contribution in [3.63, 3.8) is 0 Å². The van der Waals surface area contributed by atoms with Gasteiger partial charge in [0, 0.05) is 0 Å². The van der Waals surface area contributed by atoms with Crippen LogP contribution in [-0.4, -0.2) is 11.2 Å². The summed E-state index contributed by atoms with van der Waals surface area (Å²) in [6, 6.07) is 0. The molecule has 1 N–H and O–H groups in total. The second kappa shape index (κ2) is 7.90. The van der Waals surface area contributed by atoms with Crippen LogP contribution in [0, 0.1) is 52.3 Å². The Kier molecular flexibility index (Phi) is 5.98. The SMILES string of the molecule is CC(C)CCC[C@@H](C)[C@H]1CC[C@H]2[C@@H]3CC[C@@H]4CC[C@@H](O)C[C@]4(C)[C@H]3CC[C@]12C. The molecule has 4 saturated carbocycles. The Hall–Kier alpha value is -0.0400. The van der Waals surface area contributed by atoms with E-state index >= 15 is 0 Å². The monoisotopic (exact) mass is 388 g/mol. The minimum Gasteiger partial charge on any atom is -0.393 e. The van der Waals surface area contributed by atoms with E-state index in [4.69, 9.17) is 0 Å². The summed E-state index contributed by atoms with van der Waals surface area (Å²) in [5.41, 5.74) is 1.04. The quantitative estimate of drug-likeness (QED) is 0.518. The van der Waals surface area contributed by atoms with Crippen molar-refractivity contribution in [1.82, 2.24) is 0 Å². The third-order valence-corrected chi connectivity index (χ3v) is 10.8. The fourth-order valence-electron chi connectivity index (χ4n) is 9.35. The molecule has 0 aromatic heterocycles. The van der Waals surface area contributed by atoms with Gasteiger partial charge in [-0.3, -0.25) is 0 Å². The van der Waals surface area contributed by atoms with E-state index in [2.05, 4.69) is 34.6 Å². The van der Waals surface area contributed by atoms with Gasteiger partial charge in [-0.15, -0.1) is 0 Å². The Morgan fingerprint density at radius 3 is 2.29 bits per heavy atom.